The standard InChI is InChI=1S/C21H21ClN6/c1-4-27(5-2)16-12-10-15(11-13-16)24-20-19(17-8-6-7-9-18(17)22)26-28-21(20)23-14(3)25-28/h6-13H,4-5H2,1-3H3/b24-20-. The second kappa shape index (κ2) is 7.56. The number of nitrogens with zero attached hydrogens (tertiary/aromatic N) is 6. The molecule has 0 radical (unpaired) electrons. The van der Waals surface area contributed by atoms with Crippen molar-refractivity contribution >= 4 is 34.4 Å². The molecule has 6 nitrogen and oxygen atoms in total. The van der Waals surface area contributed by atoms with E-state index in [2.05, 4.69) is 46.1 Å². The highest BCUT2D eigenvalue weighted by Gasteiger charge is 2.29. The molecule has 0 aliphatic carbocycles. The van der Waals surface area contributed by atoms with Gasteiger partial charge in [0.05, 0.1) is 10.7 Å². The van der Waals surface area contributed by atoms with Crippen molar-refractivity contribution in [1.29, 1.82) is 0 Å². The molecular formula is C21H21ClN6. The molecular weight excluding hydrogens is 372 g/mol. The lowest BCUT2D eigenvalue weighted by molar-refractivity contribution is 0.737. The Bertz CT molecular complexity index is 1060. The number of benzene rings is 2. The minimum absolute atomic E-state index is 0.619. The van der Waals surface area contributed by atoms with Gasteiger partial charge in [0.15, 0.2) is 5.82 Å². The summed E-state index contributed by atoms with van der Waals surface area (Å²) < 4.78 is 0. The Balaban J connectivity index is 1.77. The normalized spacial score (nSPS) is 14.3. The molecule has 7 heteroatoms. The fourth-order valence-corrected chi connectivity index (χ4v) is 3.49. The Kier molecular flexibility index (Phi) is 4.96. The molecule has 0 atom stereocenters. The number of rotatable bonds is 5. The van der Waals surface area contributed by atoms with E-state index in [9.17, 15) is 0 Å². The lowest BCUT2D eigenvalue weighted by Gasteiger charge is -2.20. The molecule has 3 aromatic rings. The average Bonchev–Trinajstić information content (AvgIpc) is 3.21. The van der Waals surface area contributed by atoms with Gasteiger partial charge in [0.25, 0.3) is 0 Å². The fraction of sp³-hybridized carbons (Fsp3) is 0.238. The first-order valence-electron chi connectivity index (χ1n) is 9.32. The molecule has 0 fully saturated rings. The molecule has 142 valence electrons. The van der Waals surface area contributed by atoms with Crippen molar-refractivity contribution in [2.24, 2.45) is 10.1 Å². The summed E-state index contributed by atoms with van der Waals surface area (Å²) in [6.45, 7) is 8.08. The first-order chi connectivity index (χ1) is 13.6. The van der Waals surface area contributed by atoms with Crippen molar-refractivity contribution < 1.29 is 0 Å². The number of fused-ring (bicyclic) bond motifs is 1. The molecule has 2 heterocycles. The van der Waals surface area contributed by atoms with E-state index in [1.807, 2.05) is 43.3 Å². The Morgan fingerprint density at radius 1 is 1.04 bits per heavy atom. The quantitative estimate of drug-likeness (QED) is 0.643. The SMILES string of the molecule is CCN(CC)c1ccc(/N=C2/C(c3ccccc3Cl)=Nn3nc(C)nc32)cc1. The van der Waals surface area contributed by atoms with Gasteiger partial charge in [-0.2, -0.15) is 0 Å². The Morgan fingerprint density at radius 2 is 1.75 bits per heavy atom. The van der Waals surface area contributed by atoms with Crippen LogP contribution in [-0.4, -0.2) is 39.4 Å². The van der Waals surface area contributed by atoms with E-state index in [-0.39, 0.29) is 0 Å². The van der Waals surface area contributed by atoms with Crippen molar-refractivity contribution in [2.45, 2.75) is 20.8 Å². The summed E-state index contributed by atoms with van der Waals surface area (Å²) in [4.78, 5) is 13.2. The summed E-state index contributed by atoms with van der Waals surface area (Å²) in [5.74, 6) is 1.28. The van der Waals surface area contributed by atoms with Gasteiger partial charge in [0.2, 0.25) is 5.82 Å². The second-order valence-electron chi connectivity index (χ2n) is 6.45. The number of hydrogen-bond donors (Lipinski definition) is 0. The third-order valence-electron chi connectivity index (χ3n) is 4.68. The topological polar surface area (TPSA) is 58.7 Å². The van der Waals surface area contributed by atoms with Crippen LogP contribution in [0.15, 0.2) is 58.6 Å². The first kappa shape index (κ1) is 18.4. The van der Waals surface area contributed by atoms with Crippen molar-refractivity contribution in [3.05, 3.63) is 70.8 Å². The van der Waals surface area contributed by atoms with Crippen LogP contribution in [0.25, 0.3) is 0 Å². The Hall–Kier alpha value is -2.99. The Labute approximate surface area is 169 Å². The number of halogens is 1. The van der Waals surface area contributed by atoms with Crippen LogP contribution in [0.5, 0.6) is 0 Å². The van der Waals surface area contributed by atoms with E-state index >= 15 is 0 Å². The maximum Gasteiger partial charge on any atom is 0.204 e. The fourth-order valence-electron chi connectivity index (χ4n) is 3.26. The van der Waals surface area contributed by atoms with Gasteiger partial charge in [-0.25, -0.2) is 9.98 Å². The number of aryl methyl sites for hydroxylation is 1. The van der Waals surface area contributed by atoms with Crippen LogP contribution in [0.2, 0.25) is 5.02 Å². The molecule has 0 saturated heterocycles. The van der Waals surface area contributed by atoms with E-state index in [0.717, 1.165) is 24.3 Å². The van der Waals surface area contributed by atoms with Crippen molar-refractivity contribution in [1.82, 2.24) is 14.9 Å². The van der Waals surface area contributed by atoms with E-state index in [4.69, 9.17) is 16.6 Å². The number of aliphatic imine (C=N–C) groups is 1. The number of hydrogen-bond acceptors (Lipinski definition) is 5. The van der Waals surface area contributed by atoms with Gasteiger partial charge in [0, 0.05) is 24.3 Å². The molecule has 1 aliphatic rings. The van der Waals surface area contributed by atoms with Crippen molar-refractivity contribution in [3.63, 3.8) is 0 Å². The predicted molar refractivity (Wildman–Crippen MR) is 114 cm³/mol. The van der Waals surface area contributed by atoms with Gasteiger partial charge in [-0.05, 0) is 51.1 Å². The van der Waals surface area contributed by atoms with E-state index in [0.29, 0.717) is 28.1 Å². The maximum absolute atomic E-state index is 6.41. The van der Waals surface area contributed by atoms with Crippen molar-refractivity contribution in [3.8, 4) is 0 Å². The molecule has 2 aromatic carbocycles. The van der Waals surface area contributed by atoms with E-state index < -0.39 is 0 Å². The summed E-state index contributed by atoms with van der Waals surface area (Å²) in [5.41, 5.74) is 4.17. The number of anilines is 1. The van der Waals surface area contributed by atoms with Gasteiger partial charge < -0.3 is 4.90 Å². The molecule has 0 bridgehead atoms. The highest BCUT2D eigenvalue weighted by Crippen LogP contribution is 2.25. The molecule has 0 spiro atoms. The van der Waals surface area contributed by atoms with Crippen molar-refractivity contribution in [2.75, 3.05) is 18.0 Å². The number of aromatic nitrogens is 3. The third-order valence-corrected chi connectivity index (χ3v) is 5.01. The highest BCUT2D eigenvalue weighted by atomic mass is 35.5. The molecule has 0 saturated carbocycles. The monoisotopic (exact) mass is 392 g/mol. The van der Waals surface area contributed by atoms with Crippen LogP contribution >= 0.6 is 11.6 Å². The lowest BCUT2D eigenvalue weighted by atomic mass is 10.1. The molecule has 0 amide bonds. The first-order valence-corrected chi connectivity index (χ1v) is 9.70. The summed E-state index contributed by atoms with van der Waals surface area (Å²) >= 11 is 6.41. The second-order valence-corrected chi connectivity index (χ2v) is 6.86. The van der Waals surface area contributed by atoms with Crippen LogP contribution in [0.3, 0.4) is 0 Å². The molecule has 4 rings (SSSR count). The minimum Gasteiger partial charge on any atom is -0.372 e. The van der Waals surface area contributed by atoms with Gasteiger partial charge in [-0.1, -0.05) is 29.8 Å². The summed E-state index contributed by atoms with van der Waals surface area (Å²) in [6.07, 6.45) is 0. The minimum atomic E-state index is 0.619. The van der Waals surface area contributed by atoms with Crippen LogP contribution in [0, 0.1) is 6.92 Å². The molecule has 1 aliphatic heterocycles. The smallest absolute Gasteiger partial charge is 0.204 e. The van der Waals surface area contributed by atoms with E-state index in [1.54, 1.807) is 0 Å². The summed E-state index contributed by atoms with van der Waals surface area (Å²) in [7, 11) is 0. The van der Waals surface area contributed by atoms with Crippen LogP contribution in [0.4, 0.5) is 11.4 Å². The lowest BCUT2D eigenvalue weighted by Crippen LogP contribution is -2.21. The largest absolute Gasteiger partial charge is 0.372 e. The van der Waals surface area contributed by atoms with Gasteiger partial charge >= 0.3 is 0 Å². The predicted octanol–water partition coefficient (Wildman–Crippen LogP) is 4.47. The molecule has 28 heavy (non-hydrogen) atoms. The van der Waals surface area contributed by atoms with Crippen LogP contribution < -0.4 is 4.90 Å². The summed E-state index contributed by atoms with van der Waals surface area (Å²) in [5, 5.41) is 9.54. The summed E-state index contributed by atoms with van der Waals surface area (Å²) in [6, 6.07) is 15.8. The molecule has 0 unspecified atom stereocenters. The Morgan fingerprint density at radius 3 is 2.43 bits per heavy atom. The zero-order valence-electron chi connectivity index (χ0n) is 16.1. The van der Waals surface area contributed by atoms with Gasteiger partial charge in [0.1, 0.15) is 11.4 Å². The zero-order chi connectivity index (χ0) is 19.7. The maximum atomic E-state index is 6.41. The van der Waals surface area contributed by atoms with Gasteiger partial charge in [-0.15, -0.1) is 15.0 Å². The third kappa shape index (κ3) is 3.31. The van der Waals surface area contributed by atoms with Crippen LogP contribution in [-0.2, 0) is 0 Å². The van der Waals surface area contributed by atoms with Gasteiger partial charge in [-0.3, -0.25) is 0 Å². The van der Waals surface area contributed by atoms with E-state index in [1.165, 1.54) is 10.5 Å². The average molecular weight is 393 g/mol. The molecule has 1 aromatic heterocycles. The van der Waals surface area contributed by atoms with Crippen LogP contribution in [0.1, 0.15) is 31.1 Å². The molecule has 0 N–H and O–H groups in total. The highest BCUT2D eigenvalue weighted by molar-refractivity contribution is 6.56. The zero-order valence-corrected chi connectivity index (χ0v) is 16.9.